The molecule has 4 nitrogen and oxygen atoms in total. The lowest BCUT2D eigenvalue weighted by Crippen LogP contribution is -2.10. The van der Waals surface area contributed by atoms with Crippen molar-refractivity contribution in [2.24, 2.45) is 5.84 Å². The van der Waals surface area contributed by atoms with Crippen molar-refractivity contribution in [3.8, 4) is 0 Å². The van der Waals surface area contributed by atoms with Gasteiger partial charge in [-0.2, -0.15) is 0 Å². The van der Waals surface area contributed by atoms with Gasteiger partial charge in [0, 0.05) is 11.1 Å². The van der Waals surface area contributed by atoms with E-state index in [1.165, 1.54) is 5.56 Å². The number of rotatable bonds is 4. The van der Waals surface area contributed by atoms with Gasteiger partial charge in [0.15, 0.2) is 0 Å². The molecule has 0 aliphatic heterocycles. The van der Waals surface area contributed by atoms with Crippen LogP contribution in [0.1, 0.15) is 25.3 Å². The highest BCUT2D eigenvalue weighted by atomic mass is 79.9. The van der Waals surface area contributed by atoms with Gasteiger partial charge >= 0.3 is 0 Å². The number of aromatic nitrogens is 2. The molecule has 0 fully saturated rings. The van der Waals surface area contributed by atoms with E-state index in [-0.39, 0.29) is 0 Å². The van der Waals surface area contributed by atoms with Gasteiger partial charge in [0.2, 0.25) is 5.95 Å². The van der Waals surface area contributed by atoms with Crippen LogP contribution >= 0.6 is 27.7 Å². The molecule has 3 N–H and O–H groups in total. The normalized spacial score (nSPS) is 10.8. The number of nitrogens with one attached hydrogen (secondary N) is 1. The Labute approximate surface area is 125 Å². The summed E-state index contributed by atoms with van der Waals surface area (Å²) in [4.78, 5) is 9.47. The van der Waals surface area contributed by atoms with Crippen LogP contribution in [0.25, 0.3) is 0 Å². The highest BCUT2D eigenvalue weighted by Crippen LogP contribution is 2.32. The third-order valence-corrected chi connectivity index (χ3v) is 4.46. The van der Waals surface area contributed by atoms with Crippen LogP contribution in [0.5, 0.6) is 0 Å². The van der Waals surface area contributed by atoms with Crippen molar-refractivity contribution in [1.82, 2.24) is 9.97 Å². The Morgan fingerprint density at radius 3 is 2.53 bits per heavy atom. The van der Waals surface area contributed by atoms with E-state index in [0.29, 0.717) is 11.9 Å². The van der Waals surface area contributed by atoms with Gasteiger partial charge < -0.3 is 0 Å². The first-order valence-corrected chi connectivity index (χ1v) is 7.48. The number of anilines is 1. The molecule has 1 heterocycles. The van der Waals surface area contributed by atoms with E-state index < -0.39 is 0 Å². The zero-order valence-electron chi connectivity index (χ0n) is 10.7. The molecule has 0 unspecified atom stereocenters. The molecular weight excluding hydrogens is 324 g/mol. The average Bonchev–Trinajstić information content (AvgIpc) is 2.42. The number of hydrazine groups is 1. The van der Waals surface area contributed by atoms with Gasteiger partial charge in [-0.25, -0.2) is 15.8 Å². The molecule has 0 aliphatic carbocycles. The Bertz CT molecular complexity index is 557. The minimum Gasteiger partial charge on any atom is -0.292 e. The molecule has 2 aromatic rings. The molecule has 6 heteroatoms. The fourth-order valence-electron chi connectivity index (χ4n) is 1.53. The predicted octanol–water partition coefficient (Wildman–Crippen LogP) is 3.80. The molecule has 0 spiro atoms. The molecule has 0 amide bonds. The molecule has 0 bridgehead atoms. The standard InChI is InChI=1S/C13H15BrN4S/c1-8(2)9-3-5-10(6-4-9)19-12-11(14)7-16-13(17-12)18-15/h3-8H,15H2,1-2H3,(H,16,17,18). The summed E-state index contributed by atoms with van der Waals surface area (Å²) in [5, 5.41) is 0.834. The number of hydrogen-bond acceptors (Lipinski definition) is 5. The van der Waals surface area contributed by atoms with Gasteiger partial charge in [0.25, 0.3) is 0 Å². The van der Waals surface area contributed by atoms with E-state index in [1.54, 1.807) is 18.0 Å². The SMILES string of the molecule is CC(C)c1ccc(Sc2nc(NN)ncc2Br)cc1. The van der Waals surface area contributed by atoms with Gasteiger partial charge in [-0.1, -0.05) is 37.7 Å². The van der Waals surface area contributed by atoms with Crippen LogP contribution in [0.2, 0.25) is 0 Å². The largest absolute Gasteiger partial charge is 0.292 e. The van der Waals surface area contributed by atoms with Crippen LogP contribution < -0.4 is 11.3 Å². The van der Waals surface area contributed by atoms with E-state index in [1.807, 2.05) is 0 Å². The van der Waals surface area contributed by atoms with E-state index in [4.69, 9.17) is 5.84 Å². The fraction of sp³-hybridized carbons (Fsp3) is 0.231. The molecule has 1 aromatic heterocycles. The first-order chi connectivity index (χ1) is 9.10. The van der Waals surface area contributed by atoms with E-state index in [2.05, 4.69) is 69.4 Å². The number of nitrogens with two attached hydrogens (primary N) is 1. The van der Waals surface area contributed by atoms with Crippen LogP contribution in [-0.2, 0) is 0 Å². The van der Waals surface area contributed by atoms with Gasteiger partial charge in [-0.05, 0) is 39.5 Å². The summed E-state index contributed by atoms with van der Waals surface area (Å²) in [7, 11) is 0. The maximum Gasteiger partial charge on any atom is 0.238 e. The Kier molecular flexibility index (Phi) is 4.79. The number of benzene rings is 1. The second-order valence-corrected chi connectivity index (χ2v) is 6.23. The van der Waals surface area contributed by atoms with Crippen molar-refractivity contribution in [2.45, 2.75) is 29.7 Å². The summed E-state index contributed by atoms with van der Waals surface area (Å²) < 4.78 is 0.851. The topological polar surface area (TPSA) is 63.8 Å². The van der Waals surface area contributed by atoms with E-state index >= 15 is 0 Å². The fourth-order valence-corrected chi connectivity index (χ4v) is 2.74. The minimum absolute atomic E-state index is 0.407. The zero-order valence-corrected chi connectivity index (χ0v) is 13.1. The van der Waals surface area contributed by atoms with Crippen LogP contribution in [0, 0.1) is 0 Å². The van der Waals surface area contributed by atoms with Crippen molar-refractivity contribution >= 4 is 33.6 Å². The summed E-state index contributed by atoms with van der Waals surface area (Å²) in [5.74, 6) is 6.26. The van der Waals surface area contributed by atoms with Gasteiger partial charge in [-0.15, -0.1) is 0 Å². The van der Waals surface area contributed by atoms with Crippen LogP contribution in [0.3, 0.4) is 0 Å². The molecule has 0 radical (unpaired) electrons. The van der Waals surface area contributed by atoms with Crippen molar-refractivity contribution in [1.29, 1.82) is 0 Å². The van der Waals surface area contributed by atoms with Crippen molar-refractivity contribution in [3.05, 3.63) is 40.5 Å². The first kappa shape index (κ1) is 14.3. The third kappa shape index (κ3) is 3.68. The molecule has 0 saturated carbocycles. The number of hydrogen-bond donors (Lipinski definition) is 2. The minimum atomic E-state index is 0.407. The number of nitrogen functional groups attached to an aromatic ring is 1. The van der Waals surface area contributed by atoms with Crippen LogP contribution in [-0.4, -0.2) is 9.97 Å². The smallest absolute Gasteiger partial charge is 0.238 e. The lowest BCUT2D eigenvalue weighted by Gasteiger charge is -2.08. The van der Waals surface area contributed by atoms with Crippen molar-refractivity contribution in [3.63, 3.8) is 0 Å². The average molecular weight is 339 g/mol. The molecule has 19 heavy (non-hydrogen) atoms. The molecule has 0 aliphatic rings. The van der Waals surface area contributed by atoms with Crippen LogP contribution in [0.15, 0.2) is 44.9 Å². The quantitative estimate of drug-likeness (QED) is 0.504. The summed E-state index contributed by atoms with van der Waals surface area (Å²) in [6.07, 6.45) is 1.69. The monoisotopic (exact) mass is 338 g/mol. The molecule has 2 rings (SSSR count). The highest BCUT2D eigenvalue weighted by molar-refractivity contribution is 9.10. The predicted molar refractivity (Wildman–Crippen MR) is 82.2 cm³/mol. The number of nitrogens with zero attached hydrogens (tertiary/aromatic N) is 2. The lowest BCUT2D eigenvalue weighted by atomic mass is 10.0. The van der Waals surface area contributed by atoms with E-state index in [0.717, 1.165) is 14.4 Å². The molecule has 0 atom stereocenters. The molecular formula is C13H15BrN4S. The Morgan fingerprint density at radius 1 is 1.26 bits per heavy atom. The zero-order chi connectivity index (χ0) is 13.8. The van der Waals surface area contributed by atoms with Crippen molar-refractivity contribution < 1.29 is 0 Å². The Morgan fingerprint density at radius 2 is 1.95 bits per heavy atom. The summed E-state index contributed by atoms with van der Waals surface area (Å²) in [6, 6.07) is 8.49. The van der Waals surface area contributed by atoms with Gasteiger partial charge in [0.05, 0.1) is 4.47 Å². The Hall–Kier alpha value is -1.11. The summed E-state index contributed by atoms with van der Waals surface area (Å²) in [5.41, 5.74) is 3.78. The molecule has 1 aromatic carbocycles. The summed E-state index contributed by atoms with van der Waals surface area (Å²) >= 11 is 5.01. The second-order valence-electron chi connectivity index (χ2n) is 4.32. The lowest BCUT2D eigenvalue weighted by molar-refractivity contribution is 0.865. The summed E-state index contributed by atoms with van der Waals surface area (Å²) in [6.45, 7) is 4.37. The second kappa shape index (κ2) is 6.36. The van der Waals surface area contributed by atoms with Crippen molar-refractivity contribution in [2.75, 3.05) is 5.43 Å². The molecule has 100 valence electrons. The first-order valence-electron chi connectivity index (χ1n) is 5.87. The van der Waals surface area contributed by atoms with Crippen LogP contribution in [0.4, 0.5) is 5.95 Å². The maximum atomic E-state index is 5.32. The van der Waals surface area contributed by atoms with E-state index in [9.17, 15) is 0 Å². The Balaban J connectivity index is 2.20. The number of halogens is 1. The third-order valence-electron chi connectivity index (χ3n) is 2.60. The highest BCUT2D eigenvalue weighted by Gasteiger charge is 2.07. The maximum absolute atomic E-state index is 5.32. The molecule has 0 saturated heterocycles. The van der Waals surface area contributed by atoms with Gasteiger partial charge in [0.1, 0.15) is 5.03 Å². The van der Waals surface area contributed by atoms with Gasteiger partial charge in [-0.3, -0.25) is 5.43 Å².